The largest absolute Gasteiger partial charge is 0.364 e. The molecule has 2 atom stereocenters. The van der Waals surface area contributed by atoms with Gasteiger partial charge >= 0.3 is 0 Å². The van der Waals surface area contributed by atoms with E-state index in [2.05, 4.69) is 23.2 Å². The number of benzene rings is 1. The Morgan fingerprint density at radius 2 is 2.27 bits per heavy atom. The summed E-state index contributed by atoms with van der Waals surface area (Å²) in [4.78, 5) is 4.49. The van der Waals surface area contributed by atoms with E-state index in [1.165, 1.54) is 22.0 Å². The highest BCUT2D eigenvalue weighted by Gasteiger charge is 2.44. The van der Waals surface area contributed by atoms with Crippen molar-refractivity contribution in [3.63, 3.8) is 0 Å². The SMILES string of the molecule is c1cnc2c3c(ccc2c1)[C@@H]1O[C@@H]1CC3. The van der Waals surface area contributed by atoms with Gasteiger partial charge in [-0.15, -0.1) is 0 Å². The van der Waals surface area contributed by atoms with Crippen molar-refractivity contribution < 1.29 is 4.74 Å². The molecule has 2 nitrogen and oxygen atoms in total. The van der Waals surface area contributed by atoms with Crippen LogP contribution in [0.5, 0.6) is 0 Å². The zero-order chi connectivity index (χ0) is 9.83. The lowest BCUT2D eigenvalue weighted by molar-refractivity contribution is 0.373. The van der Waals surface area contributed by atoms with Gasteiger partial charge in [-0.1, -0.05) is 18.2 Å². The number of rotatable bonds is 0. The van der Waals surface area contributed by atoms with E-state index in [-0.39, 0.29) is 0 Å². The summed E-state index contributed by atoms with van der Waals surface area (Å²) >= 11 is 0. The maximum absolute atomic E-state index is 5.63. The van der Waals surface area contributed by atoms with Gasteiger partial charge in [0.1, 0.15) is 6.10 Å². The Balaban J connectivity index is 2.07. The van der Waals surface area contributed by atoms with Crippen LogP contribution in [-0.4, -0.2) is 11.1 Å². The highest BCUT2D eigenvalue weighted by atomic mass is 16.6. The molecule has 1 aromatic heterocycles. The van der Waals surface area contributed by atoms with Crippen molar-refractivity contribution in [3.05, 3.63) is 41.6 Å². The van der Waals surface area contributed by atoms with Crippen LogP contribution in [0.1, 0.15) is 23.7 Å². The first-order chi connectivity index (χ1) is 7.43. The number of nitrogens with zero attached hydrogens (tertiary/aromatic N) is 1. The fourth-order valence-electron chi connectivity index (χ4n) is 2.67. The lowest BCUT2D eigenvalue weighted by Gasteiger charge is -2.13. The lowest BCUT2D eigenvalue weighted by Crippen LogP contribution is -2.05. The number of pyridine rings is 1. The van der Waals surface area contributed by atoms with Crippen LogP contribution in [0, 0.1) is 0 Å². The van der Waals surface area contributed by atoms with Crippen LogP contribution in [0.25, 0.3) is 10.9 Å². The van der Waals surface area contributed by atoms with Crippen molar-refractivity contribution >= 4 is 10.9 Å². The van der Waals surface area contributed by atoms with E-state index in [1.54, 1.807) is 0 Å². The van der Waals surface area contributed by atoms with E-state index in [9.17, 15) is 0 Å². The van der Waals surface area contributed by atoms with E-state index < -0.39 is 0 Å². The Morgan fingerprint density at radius 1 is 1.27 bits per heavy atom. The predicted molar refractivity (Wildman–Crippen MR) is 57.7 cm³/mol. The number of aryl methyl sites for hydroxylation is 1. The molecule has 0 N–H and O–H groups in total. The quantitative estimate of drug-likeness (QED) is 0.606. The minimum atomic E-state index is 0.375. The first kappa shape index (κ1) is 7.83. The molecule has 0 bridgehead atoms. The molecule has 2 aromatic rings. The maximum atomic E-state index is 5.63. The number of aromatic nitrogens is 1. The maximum Gasteiger partial charge on any atom is 0.110 e. The van der Waals surface area contributed by atoms with Crippen LogP contribution in [0.15, 0.2) is 30.5 Å². The van der Waals surface area contributed by atoms with Crippen LogP contribution in [-0.2, 0) is 11.2 Å². The van der Waals surface area contributed by atoms with Crippen LogP contribution in [0.3, 0.4) is 0 Å². The molecule has 1 aliphatic heterocycles. The van der Waals surface area contributed by atoms with Crippen molar-refractivity contribution in [3.8, 4) is 0 Å². The molecule has 4 rings (SSSR count). The van der Waals surface area contributed by atoms with Gasteiger partial charge < -0.3 is 4.74 Å². The molecule has 15 heavy (non-hydrogen) atoms. The predicted octanol–water partition coefficient (Wildman–Crippen LogP) is 2.62. The van der Waals surface area contributed by atoms with Gasteiger partial charge in [-0.05, 0) is 30.0 Å². The van der Waals surface area contributed by atoms with Gasteiger partial charge in [0.05, 0.1) is 11.6 Å². The molecule has 74 valence electrons. The summed E-state index contributed by atoms with van der Waals surface area (Å²) < 4.78 is 5.63. The third-order valence-corrected chi connectivity index (χ3v) is 3.48. The van der Waals surface area contributed by atoms with Crippen LogP contribution in [0.2, 0.25) is 0 Å². The summed E-state index contributed by atoms with van der Waals surface area (Å²) in [5.41, 5.74) is 3.95. The molecular formula is C13H11NO. The van der Waals surface area contributed by atoms with Gasteiger partial charge in [-0.2, -0.15) is 0 Å². The standard InChI is InChI=1S/C13H11NO/c1-2-8-3-4-10-9(12(8)14-7-1)5-6-11-13(10)15-11/h1-4,7,11,13H,5-6H2/t11-,13+/m1/s1. The molecule has 0 spiro atoms. The minimum absolute atomic E-state index is 0.375. The molecule has 1 aromatic carbocycles. The molecule has 0 saturated carbocycles. The number of hydrogen-bond donors (Lipinski definition) is 0. The van der Waals surface area contributed by atoms with E-state index in [1.807, 2.05) is 12.3 Å². The molecule has 2 heterocycles. The van der Waals surface area contributed by atoms with Crippen molar-refractivity contribution in [2.24, 2.45) is 0 Å². The average Bonchev–Trinajstić information content (AvgIpc) is 3.07. The summed E-state index contributed by atoms with van der Waals surface area (Å²) in [6.07, 6.45) is 5.03. The fourth-order valence-corrected chi connectivity index (χ4v) is 2.67. The van der Waals surface area contributed by atoms with E-state index >= 15 is 0 Å². The summed E-state index contributed by atoms with van der Waals surface area (Å²) in [5, 5.41) is 1.25. The van der Waals surface area contributed by atoms with Gasteiger partial charge in [0.15, 0.2) is 0 Å². The summed E-state index contributed by atoms with van der Waals surface area (Å²) in [5.74, 6) is 0. The van der Waals surface area contributed by atoms with Crippen molar-refractivity contribution in [1.82, 2.24) is 4.98 Å². The zero-order valence-electron chi connectivity index (χ0n) is 8.31. The lowest BCUT2D eigenvalue weighted by atomic mass is 9.90. The molecule has 2 heteroatoms. The second-order valence-corrected chi connectivity index (χ2v) is 4.34. The molecule has 1 fully saturated rings. The first-order valence-electron chi connectivity index (χ1n) is 5.45. The average molecular weight is 197 g/mol. The smallest absolute Gasteiger partial charge is 0.110 e. The number of epoxide rings is 1. The van der Waals surface area contributed by atoms with Gasteiger partial charge in [-0.3, -0.25) is 4.98 Å². The third-order valence-electron chi connectivity index (χ3n) is 3.48. The van der Waals surface area contributed by atoms with Gasteiger partial charge in [0, 0.05) is 11.6 Å². The normalized spacial score (nSPS) is 27.2. The van der Waals surface area contributed by atoms with Gasteiger partial charge in [0.2, 0.25) is 0 Å². The molecule has 2 aliphatic rings. The summed E-state index contributed by atoms with van der Waals surface area (Å²) in [6, 6.07) is 8.49. The van der Waals surface area contributed by atoms with Gasteiger partial charge in [-0.25, -0.2) is 0 Å². The van der Waals surface area contributed by atoms with Crippen molar-refractivity contribution in [1.29, 1.82) is 0 Å². The Morgan fingerprint density at radius 3 is 3.27 bits per heavy atom. The van der Waals surface area contributed by atoms with Crippen LogP contribution in [0.4, 0.5) is 0 Å². The second-order valence-electron chi connectivity index (χ2n) is 4.34. The van der Waals surface area contributed by atoms with Gasteiger partial charge in [0.25, 0.3) is 0 Å². The van der Waals surface area contributed by atoms with Crippen molar-refractivity contribution in [2.75, 3.05) is 0 Å². The Hall–Kier alpha value is -1.41. The summed E-state index contributed by atoms with van der Waals surface area (Å²) in [6.45, 7) is 0. The van der Waals surface area contributed by atoms with Crippen molar-refractivity contribution in [2.45, 2.75) is 25.0 Å². The molecule has 1 aliphatic carbocycles. The third kappa shape index (κ3) is 0.999. The highest BCUT2D eigenvalue weighted by molar-refractivity contribution is 5.83. The number of fused-ring (bicyclic) bond motifs is 5. The minimum Gasteiger partial charge on any atom is -0.364 e. The Kier molecular flexibility index (Phi) is 1.35. The molecule has 0 amide bonds. The topological polar surface area (TPSA) is 25.4 Å². The first-order valence-corrected chi connectivity index (χ1v) is 5.45. The number of hydrogen-bond acceptors (Lipinski definition) is 2. The number of ether oxygens (including phenoxy) is 1. The summed E-state index contributed by atoms with van der Waals surface area (Å²) in [7, 11) is 0. The van der Waals surface area contributed by atoms with Crippen LogP contribution < -0.4 is 0 Å². The monoisotopic (exact) mass is 197 g/mol. The Labute approximate surface area is 87.9 Å². The second kappa shape index (κ2) is 2.58. The Bertz CT molecular complexity index is 549. The molecule has 1 saturated heterocycles. The zero-order valence-corrected chi connectivity index (χ0v) is 8.31. The fraction of sp³-hybridized carbons (Fsp3) is 0.308. The molecular weight excluding hydrogens is 186 g/mol. The van der Waals surface area contributed by atoms with E-state index in [4.69, 9.17) is 4.74 Å². The highest BCUT2D eigenvalue weighted by Crippen LogP contribution is 2.48. The van der Waals surface area contributed by atoms with E-state index in [0.29, 0.717) is 12.2 Å². The molecule has 0 radical (unpaired) electrons. The molecule has 0 unspecified atom stereocenters. The van der Waals surface area contributed by atoms with Crippen LogP contribution >= 0.6 is 0 Å². The van der Waals surface area contributed by atoms with E-state index in [0.717, 1.165) is 12.8 Å².